The van der Waals surface area contributed by atoms with E-state index in [1.54, 1.807) is 0 Å². The van der Waals surface area contributed by atoms with Crippen LogP contribution in [0.2, 0.25) is 0 Å². The zero-order valence-corrected chi connectivity index (χ0v) is 9.80. The molecule has 5 heteroatoms. The Bertz CT molecular complexity index is 349. The summed E-state index contributed by atoms with van der Waals surface area (Å²) in [6.45, 7) is 1.99. The number of hydrogen-bond donors (Lipinski definition) is 3. The molecule has 0 amide bonds. The molecule has 0 aromatic rings. The maximum absolute atomic E-state index is 11.8. The van der Waals surface area contributed by atoms with Crippen molar-refractivity contribution in [1.82, 2.24) is 0 Å². The fraction of sp³-hybridized carbons (Fsp3) is 0.750. The van der Waals surface area contributed by atoms with Gasteiger partial charge in [0.05, 0.1) is 17.8 Å². The van der Waals surface area contributed by atoms with E-state index in [0.717, 1.165) is 12.8 Å². The van der Waals surface area contributed by atoms with Crippen molar-refractivity contribution in [3.63, 3.8) is 0 Å². The minimum absolute atomic E-state index is 0.0589. The third-order valence-electron chi connectivity index (χ3n) is 3.43. The Balaban J connectivity index is 2.28. The predicted octanol–water partition coefficient (Wildman–Crippen LogP) is -0.115. The molecule has 3 N–H and O–H groups in total. The van der Waals surface area contributed by atoms with E-state index in [1.165, 1.54) is 0 Å². The molecule has 1 aliphatic carbocycles. The highest BCUT2D eigenvalue weighted by Crippen LogP contribution is 2.35. The summed E-state index contributed by atoms with van der Waals surface area (Å²) in [5.74, 6) is -0.602. The number of rotatable bonds is 2. The summed E-state index contributed by atoms with van der Waals surface area (Å²) in [6, 6.07) is 0. The van der Waals surface area contributed by atoms with Crippen LogP contribution >= 0.6 is 0 Å². The lowest BCUT2D eigenvalue weighted by atomic mass is 9.81. The molecule has 1 heterocycles. The van der Waals surface area contributed by atoms with Gasteiger partial charge in [-0.05, 0) is 12.0 Å². The summed E-state index contributed by atoms with van der Waals surface area (Å²) >= 11 is 0. The molecule has 1 aliphatic heterocycles. The Morgan fingerprint density at radius 2 is 2.06 bits per heavy atom. The Kier molecular flexibility index (Phi) is 3.51. The van der Waals surface area contributed by atoms with Crippen molar-refractivity contribution in [2.24, 2.45) is 0 Å². The molecule has 2 rings (SSSR count). The summed E-state index contributed by atoms with van der Waals surface area (Å²) in [4.78, 5) is 11.8. The fourth-order valence-electron chi connectivity index (χ4n) is 2.54. The first-order valence-electron chi connectivity index (χ1n) is 6.02. The highest BCUT2D eigenvalue weighted by atomic mass is 16.5. The Morgan fingerprint density at radius 1 is 1.35 bits per heavy atom. The fourth-order valence-corrected chi connectivity index (χ4v) is 2.54. The van der Waals surface area contributed by atoms with Crippen LogP contribution in [0.3, 0.4) is 0 Å². The van der Waals surface area contributed by atoms with E-state index in [2.05, 4.69) is 0 Å². The van der Waals surface area contributed by atoms with Gasteiger partial charge in [-0.2, -0.15) is 0 Å². The van der Waals surface area contributed by atoms with Crippen LogP contribution in [0, 0.1) is 0 Å². The van der Waals surface area contributed by atoms with E-state index in [-0.39, 0.29) is 18.1 Å². The van der Waals surface area contributed by atoms with E-state index in [9.17, 15) is 20.1 Å². The zero-order valence-electron chi connectivity index (χ0n) is 9.80. The summed E-state index contributed by atoms with van der Waals surface area (Å²) in [5.41, 5.74) is 0.598. The Hall–Kier alpha value is -0.910. The van der Waals surface area contributed by atoms with Gasteiger partial charge in [-0.1, -0.05) is 13.3 Å². The van der Waals surface area contributed by atoms with E-state index < -0.39 is 24.3 Å². The maximum Gasteiger partial charge on any atom is 0.337 e. The first-order chi connectivity index (χ1) is 8.04. The minimum atomic E-state index is -1.23. The normalized spacial score (nSPS) is 37.8. The first kappa shape index (κ1) is 12.5. The highest BCUT2D eigenvalue weighted by Gasteiger charge is 2.42. The summed E-state index contributed by atoms with van der Waals surface area (Å²) in [7, 11) is 0. The molecule has 96 valence electrons. The molecule has 5 nitrogen and oxygen atoms in total. The van der Waals surface area contributed by atoms with Crippen molar-refractivity contribution in [3.05, 3.63) is 11.1 Å². The van der Waals surface area contributed by atoms with E-state index >= 15 is 0 Å². The van der Waals surface area contributed by atoms with E-state index in [1.807, 2.05) is 6.92 Å². The molecule has 0 unspecified atom stereocenters. The second-order valence-electron chi connectivity index (χ2n) is 4.72. The minimum Gasteiger partial charge on any atom is -0.459 e. The lowest BCUT2D eigenvalue weighted by Crippen LogP contribution is -2.45. The lowest BCUT2D eigenvalue weighted by molar-refractivity contribution is -0.150. The molecule has 0 aromatic carbocycles. The van der Waals surface area contributed by atoms with Gasteiger partial charge >= 0.3 is 5.97 Å². The Morgan fingerprint density at radius 3 is 2.71 bits per heavy atom. The van der Waals surface area contributed by atoms with Gasteiger partial charge in [0.2, 0.25) is 0 Å². The zero-order chi connectivity index (χ0) is 12.6. The monoisotopic (exact) mass is 242 g/mol. The van der Waals surface area contributed by atoms with Crippen molar-refractivity contribution in [1.29, 1.82) is 0 Å². The molecule has 17 heavy (non-hydrogen) atoms. The average Bonchev–Trinajstić information content (AvgIpc) is 2.26. The predicted molar refractivity (Wildman–Crippen MR) is 59.1 cm³/mol. The van der Waals surface area contributed by atoms with Gasteiger partial charge in [0, 0.05) is 12.8 Å². The second-order valence-corrected chi connectivity index (χ2v) is 4.72. The van der Waals surface area contributed by atoms with Crippen LogP contribution in [0.4, 0.5) is 0 Å². The van der Waals surface area contributed by atoms with Gasteiger partial charge in [0.25, 0.3) is 0 Å². The smallest absolute Gasteiger partial charge is 0.337 e. The molecule has 2 aliphatic rings. The molecule has 0 spiro atoms. The van der Waals surface area contributed by atoms with Crippen LogP contribution in [0.1, 0.15) is 32.6 Å². The second kappa shape index (κ2) is 4.76. The summed E-state index contributed by atoms with van der Waals surface area (Å²) < 4.78 is 5.18. The van der Waals surface area contributed by atoms with E-state index in [4.69, 9.17) is 4.74 Å². The van der Waals surface area contributed by atoms with Gasteiger partial charge in [-0.3, -0.25) is 0 Å². The van der Waals surface area contributed by atoms with Crippen molar-refractivity contribution < 1.29 is 24.9 Å². The lowest BCUT2D eigenvalue weighted by Gasteiger charge is -2.36. The SMILES string of the molecule is CCC[C@H]1CC2=C(C(=O)O1)[C@H](O)[C@H](O)C[C@@H]2O. The molecule has 0 radical (unpaired) electrons. The van der Waals surface area contributed by atoms with Gasteiger partial charge in [-0.15, -0.1) is 0 Å². The number of esters is 1. The van der Waals surface area contributed by atoms with Gasteiger partial charge in [0.15, 0.2) is 0 Å². The van der Waals surface area contributed by atoms with Crippen molar-refractivity contribution in [2.45, 2.75) is 57.0 Å². The summed E-state index contributed by atoms with van der Waals surface area (Å²) in [6.07, 6.45) is -1.23. The number of cyclic esters (lactones) is 1. The largest absolute Gasteiger partial charge is 0.459 e. The number of carbonyl (C=O) groups is 1. The highest BCUT2D eigenvalue weighted by molar-refractivity contribution is 5.92. The van der Waals surface area contributed by atoms with Crippen LogP contribution in [-0.2, 0) is 9.53 Å². The molecule has 0 saturated carbocycles. The maximum atomic E-state index is 11.8. The standard InChI is InChI=1S/C12H18O5/c1-2-3-6-4-7-8(13)5-9(14)11(15)10(7)12(16)17-6/h6,8-9,11,13-15H,2-5H2,1H3/t6-,8-,9+,11+/m0/s1. The van der Waals surface area contributed by atoms with Crippen LogP contribution in [0.5, 0.6) is 0 Å². The molecule has 0 aromatic heterocycles. The number of ether oxygens (including phenoxy) is 1. The number of aliphatic hydroxyl groups excluding tert-OH is 3. The topological polar surface area (TPSA) is 87.0 Å². The quantitative estimate of drug-likeness (QED) is 0.588. The molecule has 4 atom stereocenters. The average molecular weight is 242 g/mol. The number of hydrogen-bond acceptors (Lipinski definition) is 5. The van der Waals surface area contributed by atoms with Gasteiger partial charge in [-0.25, -0.2) is 4.79 Å². The number of aliphatic hydroxyl groups is 3. The van der Waals surface area contributed by atoms with Crippen LogP contribution in [0.25, 0.3) is 0 Å². The van der Waals surface area contributed by atoms with Gasteiger partial charge < -0.3 is 20.1 Å². The first-order valence-corrected chi connectivity index (χ1v) is 6.02. The van der Waals surface area contributed by atoms with Crippen molar-refractivity contribution in [3.8, 4) is 0 Å². The Labute approximate surface area is 99.7 Å². The molecular formula is C12H18O5. The number of carbonyl (C=O) groups excluding carboxylic acids is 1. The van der Waals surface area contributed by atoms with Crippen molar-refractivity contribution in [2.75, 3.05) is 0 Å². The molecular weight excluding hydrogens is 224 g/mol. The van der Waals surface area contributed by atoms with Crippen molar-refractivity contribution >= 4 is 5.97 Å². The molecule has 0 bridgehead atoms. The van der Waals surface area contributed by atoms with E-state index in [0.29, 0.717) is 12.0 Å². The van der Waals surface area contributed by atoms with Crippen LogP contribution in [0.15, 0.2) is 11.1 Å². The third-order valence-corrected chi connectivity index (χ3v) is 3.43. The molecule has 0 fully saturated rings. The van der Waals surface area contributed by atoms with Gasteiger partial charge in [0.1, 0.15) is 12.2 Å². The molecule has 0 saturated heterocycles. The third kappa shape index (κ3) is 2.22. The summed E-state index contributed by atoms with van der Waals surface area (Å²) in [5, 5.41) is 29.1. The van der Waals surface area contributed by atoms with Crippen LogP contribution < -0.4 is 0 Å². The van der Waals surface area contributed by atoms with Crippen LogP contribution in [-0.4, -0.2) is 45.7 Å².